The second-order valence-electron chi connectivity index (χ2n) is 8.10. The molecule has 2 atom stereocenters. The van der Waals surface area contributed by atoms with Crippen LogP contribution in [0.5, 0.6) is 0 Å². The maximum Gasteiger partial charge on any atom is 0.410 e. The summed E-state index contributed by atoms with van der Waals surface area (Å²) in [4.78, 5) is 22.4. The molecule has 0 bridgehead atoms. The van der Waals surface area contributed by atoms with Gasteiger partial charge in [0.05, 0.1) is 17.5 Å². The summed E-state index contributed by atoms with van der Waals surface area (Å²) in [7, 11) is -3.44. The van der Waals surface area contributed by atoms with Crippen LogP contribution in [0.1, 0.15) is 47.0 Å². The molecule has 144 valence electrons. The maximum absolute atomic E-state index is 12.7. The molecule has 2 aliphatic heterocycles. The second kappa shape index (κ2) is 6.37. The number of carbonyl (C=O) groups is 1. The lowest BCUT2D eigenvalue weighted by molar-refractivity contribution is 0.00544. The van der Waals surface area contributed by atoms with Crippen molar-refractivity contribution in [2.24, 2.45) is 0 Å². The van der Waals surface area contributed by atoms with Crippen LogP contribution in [-0.4, -0.2) is 58.9 Å². The molecule has 3 heterocycles. The second-order valence-corrected chi connectivity index (χ2v) is 10.0. The summed E-state index contributed by atoms with van der Waals surface area (Å²) in [6.45, 7) is 7.88. The van der Waals surface area contributed by atoms with E-state index in [-0.39, 0.29) is 17.9 Å². The van der Waals surface area contributed by atoms with Gasteiger partial charge in [-0.3, -0.25) is 4.98 Å². The van der Waals surface area contributed by atoms with Crippen LogP contribution in [0.15, 0.2) is 18.6 Å². The molecule has 0 radical (unpaired) electrons. The van der Waals surface area contributed by atoms with Crippen LogP contribution in [-0.2, 0) is 14.8 Å². The molecule has 0 aromatic carbocycles. The van der Waals surface area contributed by atoms with Gasteiger partial charge in [0, 0.05) is 25.0 Å². The molecule has 0 aliphatic carbocycles. The summed E-state index contributed by atoms with van der Waals surface area (Å²) in [6.07, 6.45) is 5.76. The Morgan fingerprint density at radius 2 is 2.04 bits per heavy atom. The number of ether oxygens (including phenoxy) is 1. The van der Waals surface area contributed by atoms with Gasteiger partial charge >= 0.3 is 6.09 Å². The maximum atomic E-state index is 12.7. The van der Waals surface area contributed by atoms with Gasteiger partial charge in [0.25, 0.3) is 0 Å². The number of hydrogen-bond acceptors (Lipinski definition) is 6. The van der Waals surface area contributed by atoms with Crippen LogP contribution in [0, 0.1) is 0 Å². The van der Waals surface area contributed by atoms with E-state index in [1.165, 1.54) is 22.9 Å². The van der Waals surface area contributed by atoms with Gasteiger partial charge in [-0.2, -0.15) is 0 Å². The Balaban J connectivity index is 1.85. The molecule has 1 spiro atoms. The Kier molecular flexibility index (Phi) is 4.62. The van der Waals surface area contributed by atoms with Crippen molar-refractivity contribution in [3.05, 3.63) is 18.6 Å². The van der Waals surface area contributed by atoms with Crippen molar-refractivity contribution in [1.82, 2.24) is 14.9 Å². The number of hydrogen-bond donors (Lipinski definition) is 0. The fraction of sp³-hybridized carbons (Fsp3) is 0.706. The van der Waals surface area contributed by atoms with E-state index in [4.69, 9.17) is 4.74 Å². The number of rotatable bonds is 1. The number of likely N-dealkylation sites (tertiary alicyclic amines) is 1. The van der Waals surface area contributed by atoms with E-state index in [1.54, 1.807) is 4.90 Å². The quantitative estimate of drug-likeness (QED) is 0.739. The highest BCUT2D eigenvalue weighted by Gasteiger charge is 2.54. The molecule has 8 nitrogen and oxygen atoms in total. The zero-order valence-electron chi connectivity index (χ0n) is 15.7. The number of sulfonamides is 1. The van der Waals surface area contributed by atoms with Gasteiger partial charge in [-0.05, 0) is 47.0 Å². The summed E-state index contributed by atoms with van der Waals surface area (Å²) in [5.74, 6) is 0.436. The Bertz CT molecular complexity index is 778. The van der Waals surface area contributed by atoms with E-state index in [2.05, 4.69) is 9.97 Å². The number of aromatic nitrogens is 2. The average Bonchev–Trinajstić information content (AvgIpc) is 2.77. The summed E-state index contributed by atoms with van der Waals surface area (Å²) in [6, 6.07) is -0.133. The van der Waals surface area contributed by atoms with Gasteiger partial charge < -0.3 is 9.64 Å². The first-order valence-corrected chi connectivity index (χ1v) is 10.4. The smallest absolute Gasteiger partial charge is 0.410 e. The first-order chi connectivity index (χ1) is 12.0. The van der Waals surface area contributed by atoms with E-state index in [1.807, 2.05) is 27.7 Å². The summed E-state index contributed by atoms with van der Waals surface area (Å²) >= 11 is 0. The van der Waals surface area contributed by atoms with Crippen LogP contribution >= 0.6 is 0 Å². The highest BCUT2D eigenvalue weighted by Crippen LogP contribution is 2.44. The minimum absolute atomic E-state index is 0.0860. The predicted octanol–water partition coefficient (Wildman–Crippen LogP) is 2.17. The van der Waals surface area contributed by atoms with Gasteiger partial charge in [0.15, 0.2) is 5.82 Å². The minimum atomic E-state index is -3.44. The molecular weight excluding hydrogens is 356 g/mol. The predicted molar refractivity (Wildman–Crippen MR) is 97.3 cm³/mol. The zero-order valence-corrected chi connectivity index (χ0v) is 16.5. The lowest BCUT2D eigenvalue weighted by Gasteiger charge is -2.47. The van der Waals surface area contributed by atoms with Crippen molar-refractivity contribution < 1.29 is 17.9 Å². The van der Waals surface area contributed by atoms with Crippen molar-refractivity contribution >= 4 is 21.9 Å². The SMILES string of the molecule is CC1CC2(CCN1C(=O)OC(C)(C)C)CCS(=O)(=O)N2c1cnccn1. The Morgan fingerprint density at radius 3 is 2.62 bits per heavy atom. The third-order valence-corrected chi connectivity index (χ3v) is 6.80. The number of nitrogens with zero attached hydrogens (tertiary/aromatic N) is 4. The number of piperidine rings is 1. The van der Waals surface area contributed by atoms with E-state index < -0.39 is 21.2 Å². The summed E-state index contributed by atoms with van der Waals surface area (Å²) in [5, 5.41) is 0. The van der Waals surface area contributed by atoms with E-state index in [9.17, 15) is 13.2 Å². The first kappa shape index (κ1) is 18.9. The lowest BCUT2D eigenvalue weighted by Crippen LogP contribution is -2.58. The van der Waals surface area contributed by atoms with Gasteiger partial charge in [-0.1, -0.05) is 0 Å². The topological polar surface area (TPSA) is 92.7 Å². The number of anilines is 1. The van der Waals surface area contributed by atoms with Gasteiger partial charge in [-0.15, -0.1) is 0 Å². The van der Waals surface area contributed by atoms with E-state index in [0.29, 0.717) is 31.6 Å². The molecule has 2 aliphatic rings. The fourth-order valence-corrected chi connectivity index (χ4v) is 5.95. The fourth-order valence-electron chi connectivity index (χ4n) is 3.90. The first-order valence-electron chi connectivity index (χ1n) is 8.83. The van der Waals surface area contributed by atoms with Crippen molar-refractivity contribution in [2.75, 3.05) is 16.6 Å². The highest BCUT2D eigenvalue weighted by atomic mass is 32.2. The normalized spacial score (nSPS) is 28.4. The molecule has 1 amide bonds. The lowest BCUT2D eigenvalue weighted by atomic mass is 9.81. The summed E-state index contributed by atoms with van der Waals surface area (Å²) in [5.41, 5.74) is -1.12. The summed E-state index contributed by atoms with van der Waals surface area (Å²) < 4.78 is 32.3. The van der Waals surface area contributed by atoms with E-state index in [0.717, 1.165) is 0 Å². The molecule has 26 heavy (non-hydrogen) atoms. The molecule has 2 unspecified atom stereocenters. The van der Waals surface area contributed by atoms with Crippen LogP contribution in [0.3, 0.4) is 0 Å². The van der Waals surface area contributed by atoms with Crippen molar-refractivity contribution in [3.8, 4) is 0 Å². The molecule has 0 saturated carbocycles. The standard InChI is InChI=1S/C17H26N4O4S/c1-13-11-17(5-9-20(13)15(22)25-16(2,3)4)6-10-26(23,24)21(17)14-12-18-7-8-19-14/h7-8,12-13H,5-6,9-11H2,1-4H3. The molecule has 3 rings (SSSR count). The van der Waals surface area contributed by atoms with E-state index >= 15 is 0 Å². The zero-order chi connectivity index (χ0) is 19.2. The van der Waals surface area contributed by atoms with Gasteiger partial charge in [0.2, 0.25) is 10.0 Å². The molecule has 9 heteroatoms. The largest absolute Gasteiger partial charge is 0.444 e. The van der Waals surface area contributed by atoms with Crippen molar-refractivity contribution in [3.63, 3.8) is 0 Å². The van der Waals surface area contributed by atoms with Crippen LogP contribution in [0.2, 0.25) is 0 Å². The van der Waals surface area contributed by atoms with Crippen LogP contribution in [0.25, 0.3) is 0 Å². The third-order valence-electron chi connectivity index (χ3n) is 4.95. The molecule has 0 N–H and O–H groups in total. The molecule has 1 aromatic rings. The number of carbonyl (C=O) groups excluding carboxylic acids is 1. The average molecular weight is 382 g/mol. The third kappa shape index (κ3) is 3.49. The highest BCUT2D eigenvalue weighted by molar-refractivity contribution is 7.93. The van der Waals surface area contributed by atoms with Gasteiger partial charge in [-0.25, -0.2) is 22.5 Å². The van der Waals surface area contributed by atoms with Crippen LogP contribution in [0.4, 0.5) is 10.6 Å². The Labute approximate surface area is 154 Å². The molecular formula is C17H26N4O4S. The molecule has 1 aromatic heterocycles. The number of amides is 1. The monoisotopic (exact) mass is 382 g/mol. The van der Waals surface area contributed by atoms with Crippen molar-refractivity contribution in [1.29, 1.82) is 0 Å². The Morgan fingerprint density at radius 1 is 1.31 bits per heavy atom. The van der Waals surface area contributed by atoms with Crippen molar-refractivity contribution in [2.45, 2.75) is 64.1 Å². The van der Waals surface area contributed by atoms with Gasteiger partial charge in [0.1, 0.15) is 5.60 Å². The van der Waals surface area contributed by atoms with Crippen LogP contribution < -0.4 is 4.31 Å². The Hall–Kier alpha value is -1.90. The molecule has 2 fully saturated rings. The molecule has 2 saturated heterocycles. The minimum Gasteiger partial charge on any atom is -0.444 e.